The number of nitriles is 1. The maximum Gasteiger partial charge on any atom is 0.166 e. The summed E-state index contributed by atoms with van der Waals surface area (Å²) >= 11 is 0. The minimum atomic E-state index is -0.330. The van der Waals surface area contributed by atoms with Crippen LogP contribution in [0.1, 0.15) is 52.9 Å². The number of fused-ring (bicyclic) bond motifs is 1. The molecule has 1 aromatic heterocycles. The van der Waals surface area contributed by atoms with Crippen molar-refractivity contribution in [1.29, 1.82) is 5.26 Å². The van der Waals surface area contributed by atoms with Crippen molar-refractivity contribution in [3.8, 4) is 6.07 Å². The number of aromatic nitrogens is 1. The van der Waals surface area contributed by atoms with Crippen LogP contribution in [0.4, 0.5) is 10.2 Å². The highest BCUT2D eigenvalue weighted by atomic mass is 19.1. The van der Waals surface area contributed by atoms with Gasteiger partial charge < -0.3 is 4.90 Å². The van der Waals surface area contributed by atoms with Crippen molar-refractivity contribution >= 4 is 11.6 Å². The number of nitrogens with zero attached hydrogens (tertiary/aromatic N) is 3. The van der Waals surface area contributed by atoms with Gasteiger partial charge in [0, 0.05) is 30.3 Å². The Morgan fingerprint density at radius 3 is 2.56 bits per heavy atom. The van der Waals surface area contributed by atoms with Gasteiger partial charge in [-0.2, -0.15) is 5.26 Å². The van der Waals surface area contributed by atoms with Gasteiger partial charge in [-0.05, 0) is 74.4 Å². The fourth-order valence-electron chi connectivity index (χ4n) is 4.15. The third-order valence-corrected chi connectivity index (χ3v) is 5.70. The lowest BCUT2D eigenvalue weighted by atomic mass is 9.88. The van der Waals surface area contributed by atoms with E-state index in [0.29, 0.717) is 24.2 Å². The first kappa shape index (κ1) is 17.7. The van der Waals surface area contributed by atoms with Crippen LogP contribution < -0.4 is 4.90 Å². The molecule has 27 heavy (non-hydrogen) atoms. The number of ketones is 1. The van der Waals surface area contributed by atoms with Crippen LogP contribution in [-0.4, -0.2) is 23.9 Å². The average molecular weight is 363 g/mol. The first-order chi connectivity index (χ1) is 13.2. The number of halogens is 1. The van der Waals surface area contributed by atoms with Crippen LogP contribution in [0.15, 0.2) is 30.3 Å². The minimum absolute atomic E-state index is 0.0603. The monoisotopic (exact) mass is 363 g/mol. The number of aryl methyl sites for hydroxylation is 2. The lowest BCUT2D eigenvalue weighted by Crippen LogP contribution is -2.37. The van der Waals surface area contributed by atoms with Crippen molar-refractivity contribution in [3.05, 3.63) is 58.5 Å². The minimum Gasteiger partial charge on any atom is -0.355 e. The highest BCUT2D eigenvalue weighted by Gasteiger charge is 2.28. The summed E-state index contributed by atoms with van der Waals surface area (Å²) in [5.41, 5.74) is 3.54. The number of Topliss-reactive ketones (excluding diaryl/α,β-unsaturated/α-hetero) is 1. The van der Waals surface area contributed by atoms with Crippen LogP contribution in [0.5, 0.6) is 0 Å². The van der Waals surface area contributed by atoms with Crippen molar-refractivity contribution in [2.45, 2.75) is 38.5 Å². The number of pyridine rings is 1. The Kier molecular flexibility index (Phi) is 4.89. The van der Waals surface area contributed by atoms with E-state index in [4.69, 9.17) is 4.98 Å². The van der Waals surface area contributed by atoms with Gasteiger partial charge in [0.1, 0.15) is 17.7 Å². The zero-order valence-electron chi connectivity index (χ0n) is 15.2. The summed E-state index contributed by atoms with van der Waals surface area (Å²) in [5.74, 6) is 0.457. The molecule has 0 atom stereocenters. The molecule has 0 unspecified atom stereocenters. The Labute approximate surface area is 158 Å². The Hall–Kier alpha value is -2.74. The van der Waals surface area contributed by atoms with Gasteiger partial charge in [0.2, 0.25) is 0 Å². The lowest BCUT2D eigenvalue weighted by Gasteiger charge is -2.33. The molecule has 0 N–H and O–H groups in total. The zero-order chi connectivity index (χ0) is 18.8. The number of piperidine rings is 1. The van der Waals surface area contributed by atoms with Gasteiger partial charge in [-0.1, -0.05) is 0 Å². The van der Waals surface area contributed by atoms with E-state index in [1.54, 1.807) is 12.1 Å². The summed E-state index contributed by atoms with van der Waals surface area (Å²) in [6, 6.07) is 10.1. The molecule has 0 spiro atoms. The van der Waals surface area contributed by atoms with Gasteiger partial charge >= 0.3 is 0 Å². The molecule has 0 amide bonds. The second-order valence-corrected chi connectivity index (χ2v) is 7.42. The molecule has 2 aromatic rings. The number of benzene rings is 1. The van der Waals surface area contributed by atoms with E-state index < -0.39 is 0 Å². The number of hydrogen-bond donors (Lipinski definition) is 0. The van der Waals surface area contributed by atoms with Crippen molar-refractivity contribution < 1.29 is 9.18 Å². The smallest absolute Gasteiger partial charge is 0.166 e. The molecule has 5 heteroatoms. The van der Waals surface area contributed by atoms with Gasteiger partial charge in [-0.3, -0.25) is 4.79 Å². The first-order valence-corrected chi connectivity index (χ1v) is 9.63. The number of carbonyl (C=O) groups excluding carboxylic acids is 1. The first-order valence-electron chi connectivity index (χ1n) is 9.63. The quantitative estimate of drug-likeness (QED) is 0.772. The summed E-state index contributed by atoms with van der Waals surface area (Å²) in [4.78, 5) is 19.6. The summed E-state index contributed by atoms with van der Waals surface area (Å²) < 4.78 is 13.1. The molecule has 4 rings (SSSR count). The van der Waals surface area contributed by atoms with Gasteiger partial charge in [0.05, 0.1) is 5.56 Å². The molecule has 2 heterocycles. The highest BCUT2D eigenvalue weighted by Crippen LogP contribution is 2.30. The Morgan fingerprint density at radius 1 is 1.15 bits per heavy atom. The Balaban J connectivity index is 1.48. The molecule has 0 saturated carbocycles. The molecule has 0 radical (unpaired) electrons. The molecule has 1 aliphatic carbocycles. The zero-order valence-corrected chi connectivity index (χ0v) is 15.2. The van der Waals surface area contributed by atoms with E-state index in [-0.39, 0.29) is 17.5 Å². The van der Waals surface area contributed by atoms with E-state index in [1.807, 2.05) is 6.07 Å². The molecule has 2 aliphatic rings. The van der Waals surface area contributed by atoms with E-state index in [9.17, 15) is 14.4 Å². The summed E-state index contributed by atoms with van der Waals surface area (Å²) in [6.45, 7) is 1.41. The molecule has 1 aliphatic heterocycles. The number of carbonyl (C=O) groups is 1. The molecule has 4 nitrogen and oxygen atoms in total. The van der Waals surface area contributed by atoms with Crippen molar-refractivity contribution in [3.63, 3.8) is 0 Å². The highest BCUT2D eigenvalue weighted by molar-refractivity contribution is 5.98. The van der Waals surface area contributed by atoms with Crippen molar-refractivity contribution in [1.82, 2.24) is 4.98 Å². The van der Waals surface area contributed by atoms with Gasteiger partial charge in [0.15, 0.2) is 5.78 Å². The summed E-state index contributed by atoms with van der Waals surface area (Å²) in [5, 5.41) is 9.56. The van der Waals surface area contributed by atoms with Gasteiger partial charge in [-0.15, -0.1) is 0 Å². The van der Waals surface area contributed by atoms with Crippen LogP contribution in [0, 0.1) is 23.1 Å². The number of rotatable bonds is 3. The van der Waals surface area contributed by atoms with Crippen LogP contribution in [0.3, 0.4) is 0 Å². The third kappa shape index (κ3) is 3.57. The molecular formula is C22H22FN3O. The van der Waals surface area contributed by atoms with E-state index in [0.717, 1.165) is 50.0 Å². The SMILES string of the molecule is N#Cc1cc2c(nc1N1CCC(C(=O)c3ccc(F)cc3)CC1)CCCC2. The fourth-order valence-corrected chi connectivity index (χ4v) is 4.15. The van der Waals surface area contributed by atoms with E-state index in [1.165, 1.54) is 17.7 Å². The molecule has 1 saturated heterocycles. The predicted octanol–water partition coefficient (Wildman–Crippen LogP) is 4.07. The van der Waals surface area contributed by atoms with Crippen LogP contribution in [-0.2, 0) is 12.8 Å². The molecule has 1 fully saturated rings. The summed E-state index contributed by atoms with van der Waals surface area (Å²) in [7, 11) is 0. The Morgan fingerprint density at radius 2 is 1.85 bits per heavy atom. The number of anilines is 1. The van der Waals surface area contributed by atoms with Crippen molar-refractivity contribution in [2.75, 3.05) is 18.0 Å². The van der Waals surface area contributed by atoms with E-state index in [2.05, 4.69) is 11.0 Å². The predicted molar refractivity (Wildman–Crippen MR) is 101 cm³/mol. The standard InChI is InChI=1S/C22H22FN3O/c23-19-7-5-15(6-8-19)21(27)16-9-11-26(12-10-16)22-18(14-24)13-17-3-1-2-4-20(17)25-22/h5-8,13,16H,1-4,9-12H2. The van der Waals surface area contributed by atoms with Crippen LogP contribution in [0.25, 0.3) is 0 Å². The van der Waals surface area contributed by atoms with E-state index >= 15 is 0 Å². The molecule has 0 bridgehead atoms. The molecule has 138 valence electrons. The van der Waals surface area contributed by atoms with Crippen LogP contribution >= 0.6 is 0 Å². The van der Waals surface area contributed by atoms with Gasteiger partial charge in [-0.25, -0.2) is 9.37 Å². The summed E-state index contributed by atoms with van der Waals surface area (Å²) in [6.07, 6.45) is 5.74. The van der Waals surface area contributed by atoms with Gasteiger partial charge in [0.25, 0.3) is 0 Å². The second kappa shape index (κ2) is 7.48. The fraction of sp³-hybridized carbons (Fsp3) is 0.409. The molecular weight excluding hydrogens is 341 g/mol. The average Bonchev–Trinajstić information content (AvgIpc) is 2.73. The number of hydrogen-bond acceptors (Lipinski definition) is 4. The maximum absolute atomic E-state index is 13.1. The van der Waals surface area contributed by atoms with Crippen molar-refractivity contribution in [2.24, 2.45) is 5.92 Å². The largest absolute Gasteiger partial charge is 0.355 e. The normalized spacial score (nSPS) is 17.3. The van der Waals surface area contributed by atoms with Crippen LogP contribution in [0.2, 0.25) is 0 Å². The lowest BCUT2D eigenvalue weighted by molar-refractivity contribution is 0.0900. The Bertz CT molecular complexity index is 893. The third-order valence-electron chi connectivity index (χ3n) is 5.70. The topological polar surface area (TPSA) is 57.0 Å². The maximum atomic E-state index is 13.1. The molecule has 1 aromatic carbocycles. The second-order valence-electron chi connectivity index (χ2n) is 7.42.